The van der Waals surface area contributed by atoms with Gasteiger partial charge in [-0.3, -0.25) is 9.79 Å². The van der Waals surface area contributed by atoms with E-state index in [1.165, 1.54) is 16.7 Å². The van der Waals surface area contributed by atoms with Crippen molar-refractivity contribution in [2.24, 2.45) is 27.2 Å². The first-order chi connectivity index (χ1) is 19.9. The first-order valence-corrected chi connectivity index (χ1v) is 13.6. The number of aliphatic imine (C=N–C) groups is 2. The first-order valence-electron chi connectivity index (χ1n) is 13.6. The number of rotatable bonds is 4. The number of benzene rings is 3. The second-order valence-electron chi connectivity index (χ2n) is 10.2. The van der Waals surface area contributed by atoms with Crippen LogP contribution in [-0.4, -0.2) is 51.8 Å². The number of carbonyl (C=O) groups is 1. The molecule has 2 aliphatic rings. The Bertz CT molecular complexity index is 1630. The standard InChI is InChI=1S/C21H18N4O.C10H15N5/c22-11-13-3-4-14-10-20-16(17(14)8-13)2-1-7-25(20)21(26)15-5-6-18-19(9-15)24-12-23-18;11-9(12)15-10(13)14-7-6-8-4-2-1-3-5-8/h3-6,8-9,12,16,20H,1-2,7,10H2,(H,23,24);1-5H,6-7H2,(H6,11,12,13,14,15)/t16-,20+;/m1./s1. The van der Waals surface area contributed by atoms with Crippen LogP contribution in [0.15, 0.2) is 83.0 Å². The Morgan fingerprint density at radius 1 is 1.10 bits per heavy atom. The smallest absolute Gasteiger partial charge is 0.254 e. The van der Waals surface area contributed by atoms with Crippen LogP contribution in [0.3, 0.4) is 0 Å². The normalized spacial score (nSPS) is 17.5. The summed E-state index contributed by atoms with van der Waals surface area (Å²) in [6, 6.07) is 24.1. The Hall–Kier alpha value is -5.17. The number of likely N-dealkylation sites (tertiary alicyclic amines) is 1. The number of amides is 1. The van der Waals surface area contributed by atoms with Gasteiger partial charge < -0.3 is 27.1 Å². The Morgan fingerprint density at radius 3 is 2.71 bits per heavy atom. The maximum absolute atomic E-state index is 13.2. The summed E-state index contributed by atoms with van der Waals surface area (Å²) in [6.45, 7) is 1.37. The van der Waals surface area contributed by atoms with Crippen LogP contribution >= 0.6 is 0 Å². The molecule has 1 amide bonds. The lowest BCUT2D eigenvalue weighted by atomic mass is 9.88. The number of nitrogens with zero attached hydrogens (tertiary/aromatic N) is 5. The fraction of sp³-hybridized carbons (Fsp3) is 0.258. The second kappa shape index (κ2) is 12.3. The topological polar surface area (TPSA) is 176 Å². The van der Waals surface area contributed by atoms with Crippen molar-refractivity contribution in [3.63, 3.8) is 0 Å². The Morgan fingerprint density at radius 2 is 1.93 bits per heavy atom. The van der Waals surface area contributed by atoms with Crippen molar-refractivity contribution in [1.82, 2.24) is 14.9 Å². The van der Waals surface area contributed by atoms with Crippen molar-refractivity contribution in [3.8, 4) is 6.07 Å². The number of aromatic nitrogens is 2. The molecule has 1 aliphatic carbocycles. The van der Waals surface area contributed by atoms with Crippen molar-refractivity contribution < 1.29 is 4.79 Å². The van der Waals surface area contributed by atoms with Gasteiger partial charge in [0.2, 0.25) is 5.96 Å². The van der Waals surface area contributed by atoms with Crippen molar-refractivity contribution in [3.05, 3.63) is 101 Å². The number of imidazole rings is 1. The summed E-state index contributed by atoms with van der Waals surface area (Å²) in [5, 5.41) is 9.20. The summed E-state index contributed by atoms with van der Waals surface area (Å²) in [4.78, 5) is 30.2. The van der Waals surface area contributed by atoms with E-state index in [9.17, 15) is 10.1 Å². The van der Waals surface area contributed by atoms with E-state index in [4.69, 9.17) is 17.2 Å². The number of piperidine rings is 1. The summed E-state index contributed by atoms with van der Waals surface area (Å²) < 4.78 is 0. The maximum atomic E-state index is 13.2. The van der Waals surface area contributed by atoms with E-state index in [0.717, 1.165) is 43.3 Å². The van der Waals surface area contributed by atoms with Crippen LogP contribution in [0.1, 0.15) is 51.4 Å². The molecule has 1 fully saturated rings. The zero-order valence-corrected chi connectivity index (χ0v) is 22.7. The summed E-state index contributed by atoms with van der Waals surface area (Å²) in [6.07, 6.45) is 5.42. The van der Waals surface area contributed by atoms with Crippen LogP contribution in [0.4, 0.5) is 0 Å². The van der Waals surface area contributed by atoms with Gasteiger partial charge in [0.05, 0.1) is 29.0 Å². The van der Waals surface area contributed by atoms with E-state index in [1.807, 2.05) is 65.6 Å². The lowest BCUT2D eigenvalue weighted by Gasteiger charge is -2.38. The van der Waals surface area contributed by atoms with E-state index < -0.39 is 0 Å². The third-order valence-electron chi connectivity index (χ3n) is 7.57. The van der Waals surface area contributed by atoms with Gasteiger partial charge in [0, 0.05) is 30.6 Å². The molecule has 2 heterocycles. The molecule has 0 radical (unpaired) electrons. The highest BCUT2D eigenvalue weighted by Crippen LogP contribution is 2.43. The van der Waals surface area contributed by atoms with Gasteiger partial charge in [-0.25, -0.2) is 4.98 Å². The number of carbonyl (C=O) groups excluding carboxylic acids is 1. The number of nitrogens with one attached hydrogen (secondary N) is 1. The molecule has 0 spiro atoms. The fourth-order valence-electron chi connectivity index (χ4n) is 5.69. The highest BCUT2D eigenvalue weighted by atomic mass is 16.2. The van der Waals surface area contributed by atoms with Gasteiger partial charge >= 0.3 is 0 Å². The minimum atomic E-state index is -0.0732. The van der Waals surface area contributed by atoms with Gasteiger partial charge in [-0.05, 0) is 72.7 Å². The molecule has 41 heavy (non-hydrogen) atoms. The summed E-state index contributed by atoms with van der Waals surface area (Å²) >= 11 is 0. The van der Waals surface area contributed by atoms with E-state index in [2.05, 4.69) is 32.1 Å². The van der Waals surface area contributed by atoms with Crippen molar-refractivity contribution in [2.45, 2.75) is 37.6 Å². The number of nitriles is 1. The van der Waals surface area contributed by atoms with Crippen molar-refractivity contribution >= 4 is 28.9 Å². The van der Waals surface area contributed by atoms with Crippen LogP contribution in [0, 0.1) is 11.3 Å². The van der Waals surface area contributed by atoms with Crippen LogP contribution < -0.4 is 17.2 Å². The molecule has 1 saturated heterocycles. The fourth-order valence-corrected chi connectivity index (χ4v) is 5.69. The molecule has 10 heteroatoms. The Balaban J connectivity index is 0.000000193. The van der Waals surface area contributed by atoms with Crippen LogP contribution in [0.25, 0.3) is 11.0 Å². The number of nitrogens with two attached hydrogens (primary N) is 3. The number of hydrogen-bond acceptors (Lipinski definition) is 4. The van der Waals surface area contributed by atoms with Crippen LogP contribution in [0.5, 0.6) is 0 Å². The molecule has 0 saturated carbocycles. The summed E-state index contributed by atoms with van der Waals surface area (Å²) in [5.41, 5.74) is 22.6. The van der Waals surface area contributed by atoms with E-state index in [0.29, 0.717) is 23.6 Å². The van der Waals surface area contributed by atoms with Gasteiger partial charge in [0.1, 0.15) is 0 Å². The monoisotopic (exact) mass is 547 g/mol. The molecule has 1 aliphatic heterocycles. The van der Waals surface area contributed by atoms with Gasteiger partial charge in [-0.2, -0.15) is 10.3 Å². The lowest BCUT2D eigenvalue weighted by Crippen LogP contribution is -2.46. The molecule has 10 nitrogen and oxygen atoms in total. The lowest BCUT2D eigenvalue weighted by molar-refractivity contribution is 0.0595. The number of aromatic amines is 1. The average Bonchev–Trinajstić information content (AvgIpc) is 3.61. The zero-order valence-electron chi connectivity index (χ0n) is 22.7. The minimum Gasteiger partial charge on any atom is -0.370 e. The van der Waals surface area contributed by atoms with E-state index in [-0.39, 0.29) is 23.9 Å². The molecule has 6 rings (SSSR count). The molecule has 7 N–H and O–H groups in total. The largest absolute Gasteiger partial charge is 0.370 e. The van der Waals surface area contributed by atoms with Crippen molar-refractivity contribution in [2.75, 3.05) is 13.1 Å². The summed E-state index contributed by atoms with van der Waals surface area (Å²) in [5.74, 6) is 0.471. The molecule has 0 unspecified atom stereocenters. The number of hydrogen-bond donors (Lipinski definition) is 4. The van der Waals surface area contributed by atoms with Crippen LogP contribution in [-0.2, 0) is 12.8 Å². The third-order valence-corrected chi connectivity index (χ3v) is 7.57. The Labute approximate surface area is 238 Å². The van der Waals surface area contributed by atoms with Gasteiger partial charge in [-0.1, -0.05) is 36.4 Å². The second-order valence-corrected chi connectivity index (χ2v) is 10.2. The highest BCUT2D eigenvalue weighted by Gasteiger charge is 2.41. The number of fused-ring (bicyclic) bond motifs is 4. The molecule has 2 atom stereocenters. The predicted molar refractivity (Wildman–Crippen MR) is 160 cm³/mol. The number of guanidine groups is 2. The molecular weight excluding hydrogens is 514 g/mol. The third kappa shape index (κ3) is 6.36. The van der Waals surface area contributed by atoms with Gasteiger partial charge in [0.15, 0.2) is 5.96 Å². The molecule has 1 aromatic heterocycles. The quantitative estimate of drug-likeness (QED) is 0.225. The molecule has 0 bridgehead atoms. The maximum Gasteiger partial charge on any atom is 0.254 e. The summed E-state index contributed by atoms with van der Waals surface area (Å²) in [7, 11) is 0. The zero-order chi connectivity index (χ0) is 28.8. The highest BCUT2D eigenvalue weighted by molar-refractivity contribution is 5.97. The number of H-pyrrole nitrogens is 1. The molecule has 208 valence electrons. The SMILES string of the molecule is N#Cc1ccc2c(c1)[C@H]1CCCN(C(=O)c3ccc4nc[nH]c4c3)[C@H]1C2.NC(N)=NC(N)=NCCc1ccccc1. The first kappa shape index (κ1) is 27.4. The van der Waals surface area contributed by atoms with Crippen molar-refractivity contribution in [1.29, 1.82) is 5.26 Å². The van der Waals surface area contributed by atoms with Crippen LogP contribution in [0.2, 0.25) is 0 Å². The Kier molecular flexibility index (Phi) is 8.25. The minimum absolute atomic E-state index is 0.0732. The molecular formula is C31H33N9O. The predicted octanol–water partition coefficient (Wildman–Crippen LogP) is 3.20. The van der Waals surface area contributed by atoms with Gasteiger partial charge in [0.25, 0.3) is 5.91 Å². The van der Waals surface area contributed by atoms with E-state index >= 15 is 0 Å². The van der Waals surface area contributed by atoms with Gasteiger partial charge in [-0.15, -0.1) is 0 Å². The molecule has 3 aromatic carbocycles. The van der Waals surface area contributed by atoms with E-state index in [1.54, 1.807) is 6.33 Å². The molecule has 4 aromatic rings. The average molecular weight is 548 g/mol.